The molecule has 0 saturated heterocycles. The zero-order valence-corrected chi connectivity index (χ0v) is 13.7. The summed E-state index contributed by atoms with van der Waals surface area (Å²) in [5.74, 6) is 0.654. The molecule has 3 heterocycles. The summed E-state index contributed by atoms with van der Waals surface area (Å²) in [5.41, 5.74) is 0.694. The molecule has 0 fully saturated rings. The Kier molecular flexibility index (Phi) is 4.10. The number of aromatic nitrogens is 2. The second-order valence-electron chi connectivity index (χ2n) is 5.69. The summed E-state index contributed by atoms with van der Waals surface area (Å²) in [6, 6.07) is 12.1. The number of nitrogens with zero attached hydrogens (tertiary/aromatic N) is 2. The number of nitrogens with one attached hydrogen (secondary N) is 1. The van der Waals surface area contributed by atoms with Gasteiger partial charge in [0, 0.05) is 36.5 Å². The Balaban J connectivity index is 1.54. The Morgan fingerprint density at radius 3 is 2.69 bits per heavy atom. The summed E-state index contributed by atoms with van der Waals surface area (Å²) >= 11 is 0. The first kappa shape index (κ1) is 15.9. The monoisotopic (exact) mass is 349 g/mol. The third kappa shape index (κ3) is 3.14. The van der Waals surface area contributed by atoms with Gasteiger partial charge in [0.15, 0.2) is 11.5 Å². The molecule has 26 heavy (non-hydrogen) atoms. The van der Waals surface area contributed by atoms with Crippen LogP contribution in [-0.2, 0) is 4.79 Å². The number of fused-ring (bicyclic) bond motifs is 1. The largest absolute Gasteiger partial charge is 0.485 e. The quantitative estimate of drug-likeness (QED) is 0.782. The molecule has 3 aromatic rings. The van der Waals surface area contributed by atoms with Crippen LogP contribution < -0.4 is 20.2 Å². The Bertz CT molecular complexity index is 1000. The Labute approximate surface area is 148 Å². The number of para-hydroxylation sites is 2. The van der Waals surface area contributed by atoms with E-state index in [1.165, 1.54) is 6.07 Å². The number of amides is 1. The van der Waals surface area contributed by atoms with E-state index in [4.69, 9.17) is 9.47 Å². The fourth-order valence-electron chi connectivity index (χ4n) is 2.62. The summed E-state index contributed by atoms with van der Waals surface area (Å²) in [4.78, 5) is 28.6. The van der Waals surface area contributed by atoms with Gasteiger partial charge in [-0.15, -0.1) is 0 Å². The number of benzene rings is 1. The minimum Gasteiger partial charge on any atom is -0.485 e. The topological polar surface area (TPSA) is 82.5 Å². The molecular weight excluding hydrogens is 334 g/mol. The number of carbonyl (C=O) groups excluding carboxylic acids is 1. The Morgan fingerprint density at radius 1 is 1.12 bits per heavy atom. The van der Waals surface area contributed by atoms with E-state index in [1.807, 2.05) is 6.07 Å². The fraction of sp³-hybridized carbons (Fsp3) is 0.105. The molecule has 1 atom stereocenters. The van der Waals surface area contributed by atoms with Crippen LogP contribution in [0.2, 0.25) is 0 Å². The van der Waals surface area contributed by atoms with Gasteiger partial charge in [-0.05, 0) is 24.3 Å². The van der Waals surface area contributed by atoms with E-state index in [2.05, 4.69) is 10.3 Å². The number of hydrogen-bond donors (Lipinski definition) is 1. The maximum Gasteiger partial charge on any atom is 0.269 e. The Morgan fingerprint density at radius 2 is 1.88 bits per heavy atom. The second-order valence-corrected chi connectivity index (χ2v) is 5.69. The molecule has 0 bridgehead atoms. The highest BCUT2D eigenvalue weighted by Gasteiger charge is 2.27. The summed E-state index contributed by atoms with van der Waals surface area (Å²) in [7, 11) is 0. The molecule has 0 radical (unpaired) electrons. The molecule has 7 heteroatoms. The van der Waals surface area contributed by atoms with Crippen LogP contribution >= 0.6 is 0 Å². The van der Waals surface area contributed by atoms with Crippen molar-refractivity contribution in [1.29, 1.82) is 0 Å². The van der Waals surface area contributed by atoms with E-state index >= 15 is 0 Å². The smallest absolute Gasteiger partial charge is 0.269 e. The SMILES string of the molecule is O=C(Nc1cn(-c2ccncc2)ccc1=O)C1COc2ccccc2O1. The standard InChI is InChI=1S/C19H15N3O4/c23-15-7-10-22(13-5-8-20-9-6-13)11-14(15)21-19(24)18-12-25-16-3-1-2-4-17(16)26-18/h1-11,18H,12H2,(H,21,24). The molecule has 1 N–H and O–H groups in total. The van der Waals surface area contributed by atoms with E-state index in [9.17, 15) is 9.59 Å². The number of anilines is 1. The number of carbonyl (C=O) groups is 1. The molecule has 1 unspecified atom stereocenters. The molecule has 7 nitrogen and oxygen atoms in total. The lowest BCUT2D eigenvalue weighted by molar-refractivity contribution is -0.125. The minimum absolute atomic E-state index is 0.0776. The average Bonchev–Trinajstić information content (AvgIpc) is 2.70. The van der Waals surface area contributed by atoms with Crippen LogP contribution in [0, 0.1) is 0 Å². The zero-order chi connectivity index (χ0) is 17.9. The molecule has 1 aliphatic heterocycles. The molecule has 1 aliphatic rings. The van der Waals surface area contributed by atoms with Crippen LogP contribution in [0.25, 0.3) is 5.69 Å². The second kappa shape index (κ2) is 6.72. The lowest BCUT2D eigenvalue weighted by Gasteiger charge is -2.25. The van der Waals surface area contributed by atoms with Gasteiger partial charge in [0.2, 0.25) is 11.5 Å². The molecule has 0 saturated carbocycles. The van der Waals surface area contributed by atoms with Crippen LogP contribution in [-0.4, -0.2) is 28.2 Å². The van der Waals surface area contributed by atoms with Gasteiger partial charge in [0.05, 0.1) is 0 Å². The van der Waals surface area contributed by atoms with E-state index < -0.39 is 12.0 Å². The van der Waals surface area contributed by atoms with Crippen LogP contribution in [0.4, 0.5) is 5.69 Å². The lowest BCUT2D eigenvalue weighted by atomic mass is 10.2. The van der Waals surface area contributed by atoms with Crippen molar-refractivity contribution in [1.82, 2.24) is 9.55 Å². The molecule has 2 aromatic heterocycles. The Hall–Kier alpha value is -3.61. The van der Waals surface area contributed by atoms with E-state index in [0.717, 1.165) is 5.69 Å². The molecule has 0 spiro atoms. The van der Waals surface area contributed by atoms with Crippen molar-refractivity contribution >= 4 is 11.6 Å². The molecular formula is C19H15N3O4. The highest BCUT2D eigenvalue weighted by Crippen LogP contribution is 2.31. The summed E-state index contributed by atoms with van der Waals surface area (Å²) in [6.45, 7) is 0.0776. The highest BCUT2D eigenvalue weighted by atomic mass is 16.6. The van der Waals surface area contributed by atoms with Crippen molar-refractivity contribution in [3.8, 4) is 17.2 Å². The molecule has 4 rings (SSSR count). The minimum atomic E-state index is -0.834. The maximum absolute atomic E-state index is 12.5. The summed E-state index contributed by atoms with van der Waals surface area (Å²) in [5, 5.41) is 2.63. The first-order chi connectivity index (χ1) is 12.7. The first-order valence-corrected chi connectivity index (χ1v) is 8.03. The van der Waals surface area contributed by atoms with Crippen LogP contribution in [0.1, 0.15) is 0 Å². The summed E-state index contributed by atoms with van der Waals surface area (Å²) in [6.07, 6.45) is 5.66. The van der Waals surface area contributed by atoms with Gasteiger partial charge in [-0.25, -0.2) is 0 Å². The normalized spacial score (nSPS) is 15.3. The zero-order valence-electron chi connectivity index (χ0n) is 13.7. The highest BCUT2D eigenvalue weighted by molar-refractivity contribution is 5.94. The van der Waals surface area contributed by atoms with Crippen molar-refractivity contribution in [3.63, 3.8) is 0 Å². The van der Waals surface area contributed by atoms with Crippen molar-refractivity contribution in [3.05, 3.63) is 77.5 Å². The van der Waals surface area contributed by atoms with Gasteiger partial charge in [0.25, 0.3) is 5.91 Å². The molecule has 1 aromatic carbocycles. The van der Waals surface area contributed by atoms with Gasteiger partial charge >= 0.3 is 0 Å². The van der Waals surface area contributed by atoms with Gasteiger partial charge in [-0.3, -0.25) is 14.6 Å². The molecule has 130 valence electrons. The first-order valence-electron chi connectivity index (χ1n) is 8.03. The van der Waals surface area contributed by atoms with Crippen molar-refractivity contribution in [2.45, 2.75) is 6.10 Å². The van der Waals surface area contributed by atoms with Crippen molar-refractivity contribution in [2.75, 3.05) is 11.9 Å². The van der Waals surface area contributed by atoms with E-state index in [1.54, 1.807) is 59.7 Å². The van der Waals surface area contributed by atoms with Gasteiger partial charge in [-0.2, -0.15) is 0 Å². The van der Waals surface area contributed by atoms with Crippen molar-refractivity contribution < 1.29 is 14.3 Å². The molecule has 0 aliphatic carbocycles. The third-order valence-electron chi connectivity index (χ3n) is 3.94. The van der Waals surface area contributed by atoms with E-state index in [-0.39, 0.29) is 17.7 Å². The third-order valence-corrected chi connectivity index (χ3v) is 3.94. The predicted octanol–water partition coefficient (Wildman–Crippen LogP) is 2.01. The van der Waals surface area contributed by atoms with Crippen LogP contribution in [0.5, 0.6) is 11.5 Å². The van der Waals surface area contributed by atoms with Crippen LogP contribution in [0.15, 0.2) is 72.0 Å². The van der Waals surface area contributed by atoms with Crippen molar-refractivity contribution in [2.24, 2.45) is 0 Å². The summed E-state index contributed by atoms with van der Waals surface area (Å²) < 4.78 is 12.9. The average molecular weight is 349 g/mol. The van der Waals surface area contributed by atoms with E-state index in [0.29, 0.717) is 11.5 Å². The number of pyridine rings is 2. The number of hydrogen-bond acceptors (Lipinski definition) is 5. The van der Waals surface area contributed by atoms with Gasteiger partial charge in [0.1, 0.15) is 12.3 Å². The van der Waals surface area contributed by atoms with Crippen LogP contribution in [0.3, 0.4) is 0 Å². The number of ether oxygens (including phenoxy) is 2. The number of rotatable bonds is 3. The fourth-order valence-corrected chi connectivity index (χ4v) is 2.62. The molecule has 1 amide bonds. The lowest BCUT2D eigenvalue weighted by Crippen LogP contribution is -2.41. The maximum atomic E-state index is 12.5. The van der Waals surface area contributed by atoms with Gasteiger partial charge < -0.3 is 19.4 Å². The predicted molar refractivity (Wildman–Crippen MR) is 94.8 cm³/mol. The van der Waals surface area contributed by atoms with Gasteiger partial charge in [-0.1, -0.05) is 12.1 Å².